The molecule has 0 saturated heterocycles. The van der Waals surface area contributed by atoms with E-state index < -0.39 is 6.23 Å². The fourth-order valence-electron chi connectivity index (χ4n) is 2.48. The van der Waals surface area contributed by atoms with Crippen molar-refractivity contribution in [1.29, 1.82) is 0 Å². The average Bonchev–Trinajstić information content (AvgIpc) is 2.86. The van der Waals surface area contributed by atoms with Gasteiger partial charge in [-0.25, -0.2) is 0 Å². The maximum absolute atomic E-state index is 6.13. The van der Waals surface area contributed by atoms with Gasteiger partial charge in [-0.3, -0.25) is 0 Å². The number of nitrogens with zero attached hydrogens (tertiary/aromatic N) is 3. The lowest BCUT2D eigenvalue weighted by molar-refractivity contribution is 0.194. The van der Waals surface area contributed by atoms with Gasteiger partial charge in [0.05, 0.1) is 4.47 Å². The Kier molecular flexibility index (Phi) is 5.27. The summed E-state index contributed by atoms with van der Waals surface area (Å²) in [4.78, 5) is 4.54. The second-order valence-corrected chi connectivity index (χ2v) is 9.01. The number of aromatic nitrogens is 3. The Labute approximate surface area is 178 Å². The van der Waals surface area contributed by atoms with Crippen LogP contribution in [-0.2, 0) is 0 Å². The van der Waals surface area contributed by atoms with Crippen LogP contribution in [0.2, 0.25) is 0 Å². The van der Waals surface area contributed by atoms with Crippen molar-refractivity contribution in [3.8, 4) is 17.1 Å². The molecule has 0 unspecified atom stereocenters. The van der Waals surface area contributed by atoms with E-state index in [1.165, 1.54) is 11.8 Å². The van der Waals surface area contributed by atoms with Gasteiger partial charge in [0.2, 0.25) is 17.3 Å². The molecule has 1 N–H and O–H groups in total. The second kappa shape index (κ2) is 7.49. The number of hydrogen-bond donors (Lipinski definition) is 1. The van der Waals surface area contributed by atoms with E-state index in [0.717, 1.165) is 25.9 Å². The molecule has 134 valence electrons. The van der Waals surface area contributed by atoms with Crippen molar-refractivity contribution in [2.24, 2.45) is 0 Å². The first kappa shape index (κ1) is 18.3. The molecule has 1 atom stereocenters. The highest BCUT2D eigenvalue weighted by atomic mass is 79.9. The second-order valence-electron chi connectivity index (χ2n) is 5.28. The highest BCUT2D eigenvalue weighted by molar-refractivity contribution is 9.13. The van der Waals surface area contributed by atoms with E-state index >= 15 is 0 Å². The number of furan rings is 1. The minimum atomic E-state index is -0.560. The van der Waals surface area contributed by atoms with Crippen molar-refractivity contribution in [1.82, 2.24) is 15.2 Å². The molecule has 26 heavy (non-hydrogen) atoms. The normalized spacial score (nSPS) is 15.5. The maximum atomic E-state index is 6.13. The molecule has 0 amide bonds. The molecule has 0 bridgehead atoms. The first-order valence-corrected chi connectivity index (χ1v) is 11.0. The summed E-state index contributed by atoms with van der Waals surface area (Å²) in [7, 11) is 0. The molecule has 3 aromatic rings. The van der Waals surface area contributed by atoms with Crippen LogP contribution in [0.5, 0.6) is 5.88 Å². The van der Waals surface area contributed by atoms with Crippen molar-refractivity contribution in [3.05, 3.63) is 43.6 Å². The van der Waals surface area contributed by atoms with Crippen molar-refractivity contribution in [2.45, 2.75) is 18.3 Å². The summed E-state index contributed by atoms with van der Waals surface area (Å²) < 4.78 is 14.2. The molecule has 0 radical (unpaired) electrons. The number of halogens is 3. The summed E-state index contributed by atoms with van der Waals surface area (Å²) >= 11 is 11.8. The predicted octanol–water partition coefficient (Wildman–Crippen LogP) is 6.03. The summed E-state index contributed by atoms with van der Waals surface area (Å²) in [5, 5.41) is 12.5. The van der Waals surface area contributed by atoms with Crippen LogP contribution in [0.15, 0.2) is 47.5 Å². The maximum Gasteiger partial charge on any atom is 0.247 e. The molecule has 1 aliphatic rings. The number of ether oxygens (including phenoxy) is 1. The first-order chi connectivity index (χ1) is 12.5. The molecule has 0 saturated carbocycles. The molecule has 6 nitrogen and oxygen atoms in total. The van der Waals surface area contributed by atoms with Gasteiger partial charge in [-0.2, -0.15) is 4.98 Å². The third-order valence-electron chi connectivity index (χ3n) is 3.58. The number of rotatable bonds is 3. The van der Waals surface area contributed by atoms with Gasteiger partial charge in [-0.1, -0.05) is 34.6 Å². The average molecular weight is 563 g/mol. The Morgan fingerprint density at radius 1 is 1.19 bits per heavy atom. The predicted molar refractivity (Wildman–Crippen MR) is 110 cm³/mol. The standard InChI is InChI=1S/C16H11Br3N4O2S/c1-2-26-16-21-15-12(22-23-16)8-5-7(17)3-4-10(8)20-14(25-15)11-6-9(18)13(19)24-11/h3-6,14,20H,2H2,1H3/t14-/m1/s1. The minimum Gasteiger partial charge on any atom is -0.447 e. The van der Waals surface area contributed by atoms with Crippen molar-refractivity contribution in [3.63, 3.8) is 0 Å². The van der Waals surface area contributed by atoms with Crippen molar-refractivity contribution < 1.29 is 9.15 Å². The van der Waals surface area contributed by atoms with Gasteiger partial charge in [0.25, 0.3) is 0 Å². The molecule has 2 aromatic heterocycles. The Balaban J connectivity index is 1.85. The first-order valence-electron chi connectivity index (χ1n) is 7.60. The topological polar surface area (TPSA) is 73.1 Å². The molecule has 4 rings (SSSR count). The Morgan fingerprint density at radius 3 is 2.77 bits per heavy atom. The molecule has 0 aliphatic carbocycles. The smallest absolute Gasteiger partial charge is 0.247 e. The van der Waals surface area contributed by atoms with Crippen LogP contribution in [0.4, 0.5) is 5.69 Å². The summed E-state index contributed by atoms with van der Waals surface area (Å²) in [6.45, 7) is 2.04. The van der Waals surface area contributed by atoms with Gasteiger partial charge < -0.3 is 14.5 Å². The number of benzene rings is 1. The SMILES string of the molecule is CCSc1nnc2c(n1)O[C@H](c1cc(Br)c(Br)o1)Nc1ccc(Br)cc1-2. The monoisotopic (exact) mass is 560 g/mol. The number of thioether (sulfide) groups is 1. The largest absolute Gasteiger partial charge is 0.447 e. The van der Waals surface area contributed by atoms with Gasteiger partial charge in [-0.15, -0.1) is 10.2 Å². The lowest BCUT2D eigenvalue weighted by atomic mass is 10.1. The van der Waals surface area contributed by atoms with Gasteiger partial charge in [0.15, 0.2) is 16.1 Å². The summed E-state index contributed by atoms with van der Waals surface area (Å²) in [5.74, 6) is 1.87. The lowest BCUT2D eigenvalue weighted by Gasteiger charge is -2.16. The fraction of sp³-hybridized carbons (Fsp3) is 0.188. The number of anilines is 1. The quantitative estimate of drug-likeness (QED) is 0.390. The van der Waals surface area contributed by atoms with Crippen molar-refractivity contribution in [2.75, 3.05) is 11.1 Å². The zero-order valence-corrected chi connectivity index (χ0v) is 18.9. The van der Waals surface area contributed by atoms with E-state index in [9.17, 15) is 0 Å². The van der Waals surface area contributed by atoms with Crippen LogP contribution in [0.1, 0.15) is 18.9 Å². The number of nitrogens with one attached hydrogen (secondary N) is 1. The van der Waals surface area contributed by atoms with Gasteiger partial charge in [0, 0.05) is 21.8 Å². The molecule has 1 aliphatic heterocycles. The van der Waals surface area contributed by atoms with E-state index in [-0.39, 0.29) is 0 Å². The third-order valence-corrected chi connectivity index (χ3v) is 6.51. The van der Waals surface area contributed by atoms with Crippen LogP contribution in [0, 0.1) is 0 Å². The van der Waals surface area contributed by atoms with E-state index in [1.807, 2.05) is 31.2 Å². The van der Waals surface area contributed by atoms with Crippen LogP contribution in [0.25, 0.3) is 11.3 Å². The number of hydrogen-bond acceptors (Lipinski definition) is 7. The van der Waals surface area contributed by atoms with Crippen LogP contribution < -0.4 is 10.1 Å². The lowest BCUT2D eigenvalue weighted by Crippen LogP contribution is -2.16. The Bertz CT molecular complexity index is 963. The fourth-order valence-corrected chi connectivity index (χ4v) is 3.95. The highest BCUT2D eigenvalue weighted by Gasteiger charge is 2.28. The summed E-state index contributed by atoms with van der Waals surface area (Å²) in [6.07, 6.45) is -0.560. The molecule has 3 heterocycles. The van der Waals surface area contributed by atoms with Gasteiger partial charge in [0.1, 0.15) is 0 Å². The van der Waals surface area contributed by atoms with Crippen molar-refractivity contribution >= 4 is 65.2 Å². The molecular weight excluding hydrogens is 552 g/mol. The highest BCUT2D eigenvalue weighted by Crippen LogP contribution is 2.42. The summed E-state index contributed by atoms with van der Waals surface area (Å²) in [5.41, 5.74) is 2.30. The molecule has 0 spiro atoms. The zero-order valence-electron chi connectivity index (χ0n) is 13.3. The van der Waals surface area contributed by atoms with Crippen LogP contribution in [0.3, 0.4) is 0 Å². The van der Waals surface area contributed by atoms with Gasteiger partial charge >= 0.3 is 0 Å². The third kappa shape index (κ3) is 3.51. The number of fused-ring (bicyclic) bond motifs is 3. The van der Waals surface area contributed by atoms with Crippen LogP contribution in [-0.4, -0.2) is 20.9 Å². The van der Waals surface area contributed by atoms with E-state index in [1.54, 1.807) is 0 Å². The Hall–Kier alpha value is -1.10. The van der Waals surface area contributed by atoms with E-state index in [4.69, 9.17) is 9.15 Å². The van der Waals surface area contributed by atoms with E-state index in [0.29, 0.717) is 27.2 Å². The molecule has 1 aromatic carbocycles. The molecular formula is C16H11Br3N4O2S. The van der Waals surface area contributed by atoms with Crippen LogP contribution >= 0.6 is 59.6 Å². The minimum absolute atomic E-state index is 0.411. The van der Waals surface area contributed by atoms with E-state index in [2.05, 4.69) is 68.3 Å². The Morgan fingerprint density at radius 2 is 2.04 bits per heavy atom. The molecule has 10 heteroatoms. The molecule has 0 fully saturated rings. The summed E-state index contributed by atoms with van der Waals surface area (Å²) in [6, 6.07) is 7.71. The van der Waals surface area contributed by atoms with Gasteiger partial charge in [-0.05, 0) is 55.8 Å². The zero-order chi connectivity index (χ0) is 18.3.